The molecule has 0 aromatic carbocycles. The van der Waals surface area contributed by atoms with E-state index >= 15 is 0 Å². The van der Waals surface area contributed by atoms with Crippen LogP contribution in [0.5, 0.6) is 0 Å². The van der Waals surface area contributed by atoms with Crippen LogP contribution < -0.4 is 0 Å². The van der Waals surface area contributed by atoms with Gasteiger partial charge in [0, 0.05) is 11.9 Å². The molecule has 0 fully saturated rings. The molecule has 18 heavy (non-hydrogen) atoms. The molecular weight excluding hydrogens is 267 g/mol. The third-order valence-electron chi connectivity index (χ3n) is 3.17. The van der Waals surface area contributed by atoms with Gasteiger partial charge in [-0.05, 0) is 38.5 Å². The van der Waals surface area contributed by atoms with Crippen LogP contribution in [0.1, 0.15) is 52.4 Å². The normalized spacial score (nSPS) is 13.9. The topological polar surface area (TPSA) is 17.8 Å². The van der Waals surface area contributed by atoms with Crippen LogP contribution >= 0.6 is 23.2 Å². The van der Waals surface area contributed by atoms with Crippen LogP contribution in [0.25, 0.3) is 0 Å². The fraction of sp³-hybridized carbons (Fsp3) is 0.786. The van der Waals surface area contributed by atoms with E-state index in [1.807, 2.05) is 11.6 Å². The number of hydrogen-bond donors (Lipinski definition) is 0. The van der Waals surface area contributed by atoms with Crippen LogP contribution in [0.15, 0.2) is 0 Å². The molecule has 1 heterocycles. The van der Waals surface area contributed by atoms with Crippen molar-refractivity contribution in [2.75, 3.05) is 0 Å². The first-order chi connectivity index (χ1) is 8.30. The van der Waals surface area contributed by atoms with Crippen molar-refractivity contribution in [1.82, 2.24) is 9.78 Å². The molecule has 104 valence electrons. The highest BCUT2D eigenvalue weighted by molar-refractivity contribution is 6.31. The third kappa shape index (κ3) is 3.89. The standard InChI is InChI=1S/C14H24Cl2N2/c1-6-11-13(16)12(18(7-2)17-11)9-14(4,5)8-10(3)15/h10H,6-9H2,1-5H3. The largest absolute Gasteiger partial charge is 0.268 e. The van der Waals surface area contributed by atoms with Gasteiger partial charge in [-0.2, -0.15) is 5.10 Å². The molecule has 4 heteroatoms. The maximum Gasteiger partial charge on any atom is 0.0850 e. The first kappa shape index (κ1) is 15.8. The molecule has 1 atom stereocenters. The van der Waals surface area contributed by atoms with E-state index in [0.717, 1.165) is 42.2 Å². The fourth-order valence-electron chi connectivity index (χ4n) is 2.47. The molecule has 0 spiro atoms. The van der Waals surface area contributed by atoms with Gasteiger partial charge in [-0.15, -0.1) is 11.6 Å². The lowest BCUT2D eigenvalue weighted by Gasteiger charge is -2.26. The van der Waals surface area contributed by atoms with Gasteiger partial charge >= 0.3 is 0 Å². The molecule has 1 unspecified atom stereocenters. The fourth-order valence-corrected chi connectivity index (χ4v) is 3.23. The van der Waals surface area contributed by atoms with Gasteiger partial charge in [0.05, 0.1) is 16.4 Å². The average Bonchev–Trinajstić information content (AvgIpc) is 2.53. The maximum absolute atomic E-state index is 6.43. The van der Waals surface area contributed by atoms with Crippen LogP contribution in [0.2, 0.25) is 5.02 Å². The number of aryl methyl sites for hydroxylation is 2. The monoisotopic (exact) mass is 290 g/mol. The van der Waals surface area contributed by atoms with E-state index in [4.69, 9.17) is 23.2 Å². The van der Waals surface area contributed by atoms with E-state index in [1.165, 1.54) is 0 Å². The van der Waals surface area contributed by atoms with Crippen LogP contribution in [-0.4, -0.2) is 15.2 Å². The molecule has 0 saturated heterocycles. The van der Waals surface area contributed by atoms with Crippen LogP contribution in [0, 0.1) is 5.41 Å². The summed E-state index contributed by atoms with van der Waals surface area (Å²) in [5.41, 5.74) is 2.30. The summed E-state index contributed by atoms with van der Waals surface area (Å²) < 4.78 is 2.03. The summed E-state index contributed by atoms with van der Waals surface area (Å²) in [6.45, 7) is 11.6. The quantitative estimate of drug-likeness (QED) is 0.694. The lowest BCUT2D eigenvalue weighted by Crippen LogP contribution is -2.21. The van der Waals surface area contributed by atoms with Crippen molar-refractivity contribution in [1.29, 1.82) is 0 Å². The number of rotatable bonds is 6. The van der Waals surface area contributed by atoms with Gasteiger partial charge < -0.3 is 0 Å². The highest BCUT2D eigenvalue weighted by Gasteiger charge is 2.25. The van der Waals surface area contributed by atoms with Gasteiger partial charge in [0.1, 0.15) is 0 Å². The van der Waals surface area contributed by atoms with Gasteiger partial charge in [0.25, 0.3) is 0 Å². The molecule has 0 radical (unpaired) electrons. The highest BCUT2D eigenvalue weighted by Crippen LogP contribution is 2.33. The summed E-state index contributed by atoms with van der Waals surface area (Å²) in [6, 6.07) is 0. The Labute approximate surface area is 121 Å². The van der Waals surface area contributed by atoms with Crippen LogP contribution in [0.4, 0.5) is 0 Å². The minimum Gasteiger partial charge on any atom is -0.268 e. The lowest BCUT2D eigenvalue weighted by molar-refractivity contribution is 0.321. The zero-order valence-electron chi connectivity index (χ0n) is 12.1. The second-order valence-electron chi connectivity index (χ2n) is 5.70. The van der Waals surface area contributed by atoms with Crippen molar-refractivity contribution in [2.45, 2.75) is 65.8 Å². The van der Waals surface area contributed by atoms with Crippen molar-refractivity contribution in [3.05, 3.63) is 16.4 Å². The Balaban J connectivity index is 2.99. The zero-order chi connectivity index (χ0) is 13.9. The summed E-state index contributed by atoms with van der Waals surface area (Å²) in [7, 11) is 0. The number of hydrogen-bond acceptors (Lipinski definition) is 1. The number of halogens is 2. The van der Waals surface area contributed by atoms with E-state index in [-0.39, 0.29) is 10.8 Å². The van der Waals surface area contributed by atoms with Crippen molar-refractivity contribution in [3.8, 4) is 0 Å². The Morgan fingerprint density at radius 2 is 1.94 bits per heavy atom. The van der Waals surface area contributed by atoms with E-state index in [9.17, 15) is 0 Å². The predicted octanol–water partition coefficient (Wildman–Crippen LogP) is 4.70. The molecule has 2 nitrogen and oxygen atoms in total. The van der Waals surface area contributed by atoms with E-state index < -0.39 is 0 Å². The third-order valence-corrected chi connectivity index (χ3v) is 3.76. The van der Waals surface area contributed by atoms with Gasteiger partial charge in [-0.3, -0.25) is 4.68 Å². The van der Waals surface area contributed by atoms with E-state index in [0.29, 0.717) is 0 Å². The Bertz CT molecular complexity index is 395. The van der Waals surface area contributed by atoms with Crippen molar-refractivity contribution >= 4 is 23.2 Å². The van der Waals surface area contributed by atoms with E-state index in [2.05, 4.69) is 32.8 Å². The predicted molar refractivity (Wildman–Crippen MR) is 79.7 cm³/mol. The first-order valence-corrected chi connectivity index (χ1v) is 7.50. The summed E-state index contributed by atoms with van der Waals surface area (Å²) in [5, 5.41) is 5.59. The SMILES string of the molecule is CCc1nn(CC)c(CC(C)(C)CC(C)Cl)c1Cl. The van der Waals surface area contributed by atoms with Crippen LogP contribution in [-0.2, 0) is 19.4 Å². The lowest BCUT2D eigenvalue weighted by atomic mass is 9.83. The summed E-state index contributed by atoms with van der Waals surface area (Å²) in [5.74, 6) is 0. The molecule has 1 aromatic rings. The number of aromatic nitrogens is 2. The zero-order valence-corrected chi connectivity index (χ0v) is 13.6. The number of alkyl halides is 1. The van der Waals surface area contributed by atoms with Gasteiger partial charge in [-0.25, -0.2) is 0 Å². The second-order valence-corrected chi connectivity index (χ2v) is 6.83. The molecule has 0 aliphatic rings. The van der Waals surface area contributed by atoms with Crippen LogP contribution in [0.3, 0.4) is 0 Å². The first-order valence-electron chi connectivity index (χ1n) is 6.68. The Kier molecular flexibility index (Phi) is 5.54. The minimum atomic E-state index is 0.142. The molecule has 0 amide bonds. The van der Waals surface area contributed by atoms with Gasteiger partial charge in [0.15, 0.2) is 0 Å². The van der Waals surface area contributed by atoms with Crippen molar-refractivity contribution < 1.29 is 0 Å². The van der Waals surface area contributed by atoms with Crippen molar-refractivity contribution in [2.24, 2.45) is 5.41 Å². The molecule has 0 saturated carbocycles. The molecule has 0 aliphatic heterocycles. The van der Waals surface area contributed by atoms with Gasteiger partial charge in [-0.1, -0.05) is 32.4 Å². The summed E-state index contributed by atoms with van der Waals surface area (Å²) >= 11 is 12.6. The molecular formula is C14H24Cl2N2. The average molecular weight is 291 g/mol. The van der Waals surface area contributed by atoms with E-state index in [1.54, 1.807) is 0 Å². The van der Waals surface area contributed by atoms with Crippen molar-refractivity contribution in [3.63, 3.8) is 0 Å². The maximum atomic E-state index is 6.43. The Hall–Kier alpha value is -0.210. The number of nitrogens with zero attached hydrogens (tertiary/aromatic N) is 2. The Morgan fingerprint density at radius 3 is 2.39 bits per heavy atom. The summed E-state index contributed by atoms with van der Waals surface area (Å²) in [6.07, 6.45) is 2.77. The molecule has 0 N–H and O–H groups in total. The molecule has 0 bridgehead atoms. The smallest absolute Gasteiger partial charge is 0.0850 e. The molecule has 0 aliphatic carbocycles. The molecule has 1 aromatic heterocycles. The molecule has 1 rings (SSSR count). The van der Waals surface area contributed by atoms with Gasteiger partial charge in [0.2, 0.25) is 0 Å². The minimum absolute atomic E-state index is 0.142. The highest BCUT2D eigenvalue weighted by atomic mass is 35.5. The Morgan fingerprint density at radius 1 is 1.33 bits per heavy atom. The second kappa shape index (κ2) is 6.29. The summed E-state index contributed by atoms with van der Waals surface area (Å²) in [4.78, 5) is 0.